The number of hydrogen-bond acceptors (Lipinski definition) is 5. The number of fused-ring (bicyclic) bond motifs is 1. The van der Waals surface area contributed by atoms with Crippen LogP contribution in [0.3, 0.4) is 0 Å². The highest BCUT2D eigenvalue weighted by Gasteiger charge is 2.20. The van der Waals surface area contributed by atoms with E-state index in [4.69, 9.17) is 4.74 Å². The van der Waals surface area contributed by atoms with Crippen molar-refractivity contribution in [3.8, 4) is 5.75 Å². The number of rotatable bonds is 9. The Labute approximate surface area is 189 Å². The van der Waals surface area contributed by atoms with Crippen LogP contribution in [0.5, 0.6) is 5.75 Å². The van der Waals surface area contributed by atoms with Gasteiger partial charge >= 0.3 is 0 Å². The lowest BCUT2D eigenvalue weighted by molar-refractivity contribution is -0.130. The Morgan fingerprint density at radius 3 is 2.53 bits per heavy atom. The fourth-order valence-electron chi connectivity index (χ4n) is 3.62. The van der Waals surface area contributed by atoms with E-state index >= 15 is 0 Å². The number of aromatic nitrogens is 2. The molecule has 0 saturated heterocycles. The third kappa shape index (κ3) is 4.94. The summed E-state index contributed by atoms with van der Waals surface area (Å²) in [5.41, 5.74) is 2.47. The van der Waals surface area contributed by atoms with Gasteiger partial charge in [-0.05, 0) is 42.8 Å². The quantitative estimate of drug-likeness (QED) is 0.492. The highest BCUT2D eigenvalue weighted by atomic mass is 32.2. The molecule has 0 unspecified atom stereocenters. The summed E-state index contributed by atoms with van der Waals surface area (Å²) in [7, 11) is 2.87. The molecule has 0 aliphatic rings. The van der Waals surface area contributed by atoms with E-state index in [9.17, 15) is 13.2 Å². The maximum absolute atomic E-state index is 12.7. The maximum Gasteiger partial charge on any atom is 0.242 e. The molecule has 0 aliphatic carbocycles. The molecule has 9 heteroatoms. The number of amides is 1. The van der Waals surface area contributed by atoms with Gasteiger partial charge in [0.1, 0.15) is 11.6 Å². The summed E-state index contributed by atoms with van der Waals surface area (Å²) in [4.78, 5) is 19.3. The summed E-state index contributed by atoms with van der Waals surface area (Å²) in [5.74, 6) is 1.54. The first kappa shape index (κ1) is 23.7. The van der Waals surface area contributed by atoms with E-state index in [1.165, 1.54) is 18.4 Å². The molecule has 2 aromatic carbocycles. The van der Waals surface area contributed by atoms with Crippen LogP contribution < -0.4 is 4.74 Å². The van der Waals surface area contributed by atoms with E-state index in [1.807, 2.05) is 35.8 Å². The average Bonchev–Trinajstić information content (AvgIpc) is 3.13. The van der Waals surface area contributed by atoms with Crippen molar-refractivity contribution in [2.45, 2.75) is 37.8 Å². The zero-order valence-electron chi connectivity index (χ0n) is 19.2. The van der Waals surface area contributed by atoms with Crippen LogP contribution in [0.1, 0.15) is 24.7 Å². The lowest BCUT2D eigenvalue weighted by Gasteiger charge is -2.18. The number of benzene rings is 2. The second-order valence-electron chi connectivity index (χ2n) is 7.81. The number of hydrogen-bond donors (Lipinski definition) is 0. The first-order chi connectivity index (χ1) is 15.2. The predicted octanol–water partition coefficient (Wildman–Crippen LogP) is 2.91. The largest absolute Gasteiger partial charge is 0.497 e. The highest BCUT2D eigenvalue weighted by Crippen LogP contribution is 2.23. The first-order valence-electron chi connectivity index (χ1n) is 10.5. The minimum Gasteiger partial charge on any atom is -0.497 e. The van der Waals surface area contributed by atoms with Crippen LogP contribution in [-0.4, -0.2) is 61.3 Å². The van der Waals surface area contributed by atoms with Gasteiger partial charge in [-0.25, -0.2) is 17.7 Å². The van der Waals surface area contributed by atoms with Crippen molar-refractivity contribution in [3.63, 3.8) is 0 Å². The monoisotopic (exact) mass is 458 g/mol. The molecular formula is C23H30N4O4S. The zero-order valence-corrected chi connectivity index (χ0v) is 20.0. The maximum atomic E-state index is 12.7. The minimum atomic E-state index is -3.54. The standard InChI is InChI=1S/C23H30N4O4S/c1-6-27-21-11-10-19(32(29,30)25(2)3)15-20(21)24-22(27)12-13-23(28)26(4)16-17-8-7-9-18(14-17)31-5/h7-11,14-15H,6,12-13,16H2,1-5H3. The molecular weight excluding hydrogens is 428 g/mol. The summed E-state index contributed by atoms with van der Waals surface area (Å²) >= 11 is 0. The van der Waals surface area contributed by atoms with Crippen molar-refractivity contribution in [2.24, 2.45) is 0 Å². The van der Waals surface area contributed by atoms with E-state index in [-0.39, 0.29) is 10.8 Å². The van der Waals surface area contributed by atoms with Gasteiger partial charge in [0, 0.05) is 47.1 Å². The van der Waals surface area contributed by atoms with Gasteiger partial charge in [-0.1, -0.05) is 12.1 Å². The second-order valence-corrected chi connectivity index (χ2v) is 9.96. The van der Waals surface area contributed by atoms with Gasteiger partial charge in [-0.15, -0.1) is 0 Å². The molecule has 32 heavy (non-hydrogen) atoms. The van der Waals surface area contributed by atoms with Gasteiger partial charge in [-0.3, -0.25) is 4.79 Å². The lowest BCUT2D eigenvalue weighted by Crippen LogP contribution is -2.26. The van der Waals surface area contributed by atoms with Gasteiger partial charge in [-0.2, -0.15) is 0 Å². The van der Waals surface area contributed by atoms with Gasteiger partial charge in [0.25, 0.3) is 0 Å². The molecule has 8 nitrogen and oxygen atoms in total. The third-order valence-electron chi connectivity index (χ3n) is 5.44. The molecule has 1 amide bonds. The summed E-state index contributed by atoms with van der Waals surface area (Å²) in [6.07, 6.45) is 0.784. The van der Waals surface area contributed by atoms with Crippen LogP contribution in [0.25, 0.3) is 11.0 Å². The third-order valence-corrected chi connectivity index (χ3v) is 7.25. The zero-order chi connectivity index (χ0) is 23.5. The summed E-state index contributed by atoms with van der Waals surface area (Å²) < 4.78 is 33.4. The van der Waals surface area contributed by atoms with E-state index < -0.39 is 10.0 Å². The smallest absolute Gasteiger partial charge is 0.242 e. The number of nitrogens with zero attached hydrogens (tertiary/aromatic N) is 4. The summed E-state index contributed by atoms with van der Waals surface area (Å²) in [5, 5.41) is 0. The molecule has 1 heterocycles. The van der Waals surface area contributed by atoms with Crippen molar-refractivity contribution >= 4 is 27.0 Å². The summed E-state index contributed by atoms with van der Waals surface area (Å²) in [6.45, 7) is 3.18. The van der Waals surface area contributed by atoms with E-state index in [1.54, 1.807) is 37.3 Å². The molecule has 0 fully saturated rings. The van der Waals surface area contributed by atoms with Gasteiger partial charge in [0.15, 0.2) is 0 Å². The Morgan fingerprint density at radius 1 is 1.12 bits per heavy atom. The van der Waals surface area contributed by atoms with Crippen molar-refractivity contribution in [1.82, 2.24) is 18.8 Å². The molecule has 0 N–H and O–H groups in total. The van der Waals surface area contributed by atoms with Crippen molar-refractivity contribution in [1.29, 1.82) is 0 Å². The molecule has 0 spiro atoms. The van der Waals surface area contributed by atoms with E-state index in [2.05, 4.69) is 4.98 Å². The Morgan fingerprint density at radius 2 is 1.88 bits per heavy atom. The number of carbonyl (C=O) groups excluding carboxylic acids is 1. The van der Waals surface area contributed by atoms with Crippen LogP contribution in [0.2, 0.25) is 0 Å². The Balaban J connectivity index is 1.75. The molecule has 0 atom stereocenters. The van der Waals surface area contributed by atoms with E-state index in [0.717, 1.165) is 22.7 Å². The fraction of sp³-hybridized carbons (Fsp3) is 0.391. The number of ether oxygens (including phenoxy) is 1. The molecule has 0 bridgehead atoms. The predicted molar refractivity (Wildman–Crippen MR) is 124 cm³/mol. The van der Waals surface area contributed by atoms with Crippen LogP contribution >= 0.6 is 0 Å². The molecule has 172 valence electrons. The average molecular weight is 459 g/mol. The van der Waals surface area contributed by atoms with Crippen LogP contribution in [0.15, 0.2) is 47.4 Å². The van der Waals surface area contributed by atoms with Crippen molar-refractivity contribution < 1.29 is 17.9 Å². The highest BCUT2D eigenvalue weighted by molar-refractivity contribution is 7.89. The van der Waals surface area contributed by atoms with Crippen LogP contribution in [0.4, 0.5) is 0 Å². The van der Waals surface area contributed by atoms with Gasteiger partial charge < -0.3 is 14.2 Å². The van der Waals surface area contributed by atoms with Crippen molar-refractivity contribution in [3.05, 3.63) is 53.9 Å². The van der Waals surface area contributed by atoms with Gasteiger partial charge in [0.05, 0.1) is 23.0 Å². The molecule has 1 aromatic heterocycles. The molecule has 0 saturated carbocycles. The first-order valence-corrected chi connectivity index (χ1v) is 11.9. The Bertz CT molecular complexity index is 1220. The van der Waals surface area contributed by atoms with Crippen LogP contribution in [-0.2, 0) is 34.3 Å². The number of methoxy groups -OCH3 is 1. The van der Waals surface area contributed by atoms with E-state index in [0.29, 0.717) is 31.4 Å². The topological polar surface area (TPSA) is 84.7 Å². The Hall–Kier alpha value is -2.91. The number of sulfonamides is 1. The minimum absolute atomic E-state index is 0.0124. The fourth-order valence-corrected chi connectivity index (χ4v) is 4.54. The molecule has 0 radical (unpaired) electrons. The Kier molecular flexibility index (Phi) is 7.20. The number of aryl methyl sites for hydroxylation is 2. The number of imidazole rings is 1. The van der Waals surface area contributed by atoms with Crippen molar-refractivity contribution in [2.75, 3.05) is 28.3 Å². The second kappa shape index (κ2) is 9.70. The lowest BCUT2D eigenvalue weighted by atomic mass is 10.2. The summed E-state index contributed by atoms with van der Waals surface area (Å²) in [6, 6.07) is 12.6. The van der Waals surface area contributed by atoms with Gasteiger partial charge in [0.2, 0.25) is 15.9 Å². The molecule has 3 aromatic rings. The molecule has 3 rings (SSSR count). The number of carbonyl (C=O) groups is 1. The van der Waals surface area contributed by atoms with Crippen LogP contribution in [0, 0.1) is 0 Å². The normalized spacial score (nSPS) is 11.8. The molecule has 0 aliphatic heterocycles. The SMILES string of the molecule is CCn1c(CCC(=O)N(C)Cc2cccc(OC)c2)nc2cc(S(=O)(=O)N(C)C)ccc21.